The molecule has 1 nitrogen and oxygen atoms in total. The van der Waals surface area contributed by atoms with Crippen LogP contribution in [-0.4, -0.2) is 5.11 Å². The van der Waals surface area contributed by atoms with Crippen molar-refractivity contribution < 1.29 is 5.11 Å². The molecule has 1 unspecified atom stereocenters. The van der Waals surface area contributed by atoms with Gasteiger partial charge in [0.2, 0.25) is 0 Å². The van der Waals surface area contributed by atoms with E-state index in [4.69, 9.17) is 0 Å². The third-order valence-electron chi connectivity index (χ3n) is 2.95. The number of aliphatic hydroxyl groups excluding tert-OH is 1. The number of rotatable bonds is 4. The fraction of sp³-hybridized carbons (Fsp3) is 0.467. The van der Waals surface area contributed by atoms with Crippen molar-refractivity contribution in [1.82, 2.24) is 0 Å². The summed E-state index contributed by atoms with van der Waals surface area (Å²) < 4.78 is 0. The van der Waals surface area contributed by atoms with Gasteiger partial charge in [-0.15, -0.1) is 0 Å². The Hall–Kier alpha value is -1.08. The van der Waals surface area contributed by atoms with Crippen LogP contribution in [0.4, 0.5) is 0 Å². The Labute approximate surface area is 98.8 Å². The zero-order valence-corrected chi connectivity index (χ0v) is 10.7. The van der Waals surface area contributed by atoms with E-state index >= 15 is 0 Å². The van der Waals surface area contributed by atoms with Crippen LogP contribution in [-0.2, 0) is 0 Å². The predicted octanol–water partition coefficient (Wildman–Crippen LogP) is 4.29. The molecule has 16 heavy (non-hydrogen) atoms. The van der Waals surface area contributed by atoms with Gasteiger partial charge in [0.25, 0.3) is 0 Å². The topological polar surface area (TPSA) is 20.2 Å². The molecule has 1 aromatic carbocycles. The van der Waals surface area contributed by atoms with Crippen LogP contribution in [0, 0.1) is 0 Å². The molecule has 0 bridgehead atoms. The van der Waals surface area contributed by atoms with Crippen molar-refractivity contribution >= 4 is 5.57 Å². The molecule has 1 N–H and O–H groups in total. The van der Waals surface area contributed by atoms with Gasteiger partial charge in [-0.2, -0.15) is 0 Å². The Morgan fingerprint density at radius 1 is 1.38 bits per heavy atom. The highest BCUT2D eigenvalue weighted by molar-refractivity contribution is 5.65. The van der Waals surface area contributed by atoms with E-state index in [0.29, 0.717) is 5.92 Å². The molecular formula is C15H22O. The van der Waals surface area contributed by atoms with Crippen molar-refractivity contribution in [3.05, 3.63) is 41.5 Å². The van der Waals surface area contributed by atoms with Gasteiger partial charge < -0.3 is 5.11 Å². The second-order valence-corrected chi connectivity index (χ2v) is 4.71. The van der Waals surface area contributed by atoms with Gasteiger partial charge in [0.1, 0.15) is 0 Å². The highest BCUT2D eigenvalue weighted by Gasteiger charge is 2.12. The molecule has 1 atom stereocenters. The fourth-order valence-corrected chi connectivity index (χ4v) is 1.81. The predicted molar refractivity (Wildman–Crippen MR) is 70.5 cm³/mol. The molecule has 0 saturated heterocycles. The molecular weight excluding hydrogens is 196 g/mol. The highest BCUT2D eigenvalue weighted by Crippen LogP contribution is 2.28. The number of hydrogen-bond acceptors (Lipinski definition) is 1. The standard InChI is InChI=1S/C15H22O/c1-6-15(16)13-8-7-12(10(2)3)9-14(13)11(4)5/h7-10,15-16H,4,6H2,1-3,5H3. The lowest BCUT2D eigenvalue weighted by molar-refractivity contribution is 0.173. The molecule has 0 saturated carbocycles. The maximum Gasteiger partial charge on any atom is 0.0793 e. The summed E-state index contributed by atoms with van der Waals surface area (Å²) in [6, 6.07) is 6.29. The fourth-order valence-electron chi connectivity index (χ4n) is 1.81. The maximum atomic E-state index is 9.95. The largest absolute Gasteiger partial charge is 0.388 e. The third-order valence-corrected chi connectivity index (χ3v) is 2.95. The van der Waals surface area contributed by atoms with Crippen LogP contribution in [0.1, 0.15) is 62.8 Å². The lowest BCUT2D eigenvalue weighted by Gasteiger charge is -2.17. The van der Waals surface area contributed by atoms with Crippen LogP contribution >= 0.6 is 0 Å². The third kappa shape index (κ3) is 2.73. The number of aliphatic hydroxyl groups is 1. The van der Waals surface area contributed by atoms with Gasteiger partial charge in [-0.05, 0) is 36.0 Å². The molecule has 0 aliphatic carbocycles. The number of hydrogen-bond donors (Lipinski definition) is 1. The Bertz CT molecular complexity index is 377. The van der Waals surface area contributed by atoms with E-state index in [1.807, 2.05) is 19.9 Å². The minimum Gasteiger partial charge on any atom is -0.388 e. The van der Waals surface area contributed by atoms with Crippen LogP contribution in [0.25, 0.3) is 5.57 Å². The lowest BCUT2D eigenvalue weighted by atomic mass is 9.91. The van der Waals surface area contributed by atoms with Gasteiger partial charge in [0, 0.05) is 0 Å². The van der Waals surface area contributed by atoms with Crippen LogP contribution in [0.2, 0.25) is 0 Å². The molecule has 1 heteroatoms. The van der Waals surface area contributed by atoms with Crippen LogP contribution in [0.3, 0.4) is 0 Å². The van der Waals surface area contributed by atoms with Crippen molar-refractivity contribution in [2.45, 2.75) is 46.1 Å². The quantitative estimate of drug-likeness (QED) is 0.799. The van der Waals surface area contributed by atoms with E-state index in [2.05, 4.69) is 32.6 Å². The summed E-state index contributed by atoms with van der Waals surface area (Å²) >= 11 is 0. The first-order chi connectivity index (χ1) is 7.47. The minimum atomic E-state index is -0.382. The molecule has 88 valence electrons. The van der Waals surface area contributed by atoms with Crippen LogP contribution < -0.4 is 0 Å². The van der Waals surface area contributed by atoms with E-state index in [1.54, 1.807) is 0 Å². The van der Waals surface area contributed by atoms with E-state index in [1.165, 1.54) is 5.56 Å². The maximum absolute atomic E-state index is 9.95. The molecule has 1 aromatic rings. The summed E-state index contributed by atoms with van der Waals surface area (Å²) in [7, 11) is 0. The van der Waals surface area contributed by atoms with Gasteiger partial charge >= 0.3 is 0 Å². The second-order valence-electron chi connectivity index (χ2n) is 4.71. The van der Waals surface area contributed by atoms with Gasteiger partial charge in [-0.1, -0.05) is 51.1 Å². The molecule has 0 aromatic heterocycles. The summed E-state index contributed by atoms with van der Waals surface area (Å²) in [6.45, 7) is 12.3. The summed E-state index contributed by atoms with van der Waals surface area (Å²) in [4.78, 5) is 0. The molecule has 0 spiro atoms. The zero-order valence-electron chi connectivity index (χ0n) is 10.7. The SMILES string of the molecule is C=C(C)c1cc(C(C)C)ccc1C(O)CC. The number of benzene rings is 1. The van der Waals surface area contributed by atoms with Crippen molar-refractivity contribution in [2.24, 2.45) is 0 Å². The molecule has 0 radical (unpaired) electrons. The Kier molecular flexibility index (Phi) is 4.31. The Balaban J connectivity index is 3.25. The molecule has 1 rings (SSSR count). The monoisotopic (exact) mass is 218 g/mol. The first-order valence-electron chi connectivity index (χ1n) is 5.95. The smallest absolute Gasteiger partial charge is 0.0793 e. The van der Waals surface area contributed by atoms with E-state index in [0.717, 1.165) is 23.1 Å². The van der Waals surface area contributed by atoms with Crippen molar-refractivity contribution in [3.8, 4) is 0 Å². The molecule has 0 amide bonds. The molecule has 0 aliphatic rings. The normalized spacial score (nSPS) is 12.9. The summed E-state index contributed by atoms with van der Waals surface area (Å²) in [5.74, 6) is 0.505. The van der Waals surface area contributed by atoms with Gasteiger partial charge in [0.15, 0.2) is 0 Å². The van der Waals surface area contributed by atoms with E-state index < -0.39 is 0 Å². The van der Waals surface area contributed by atoms with Gasteiger partial charge in [-0.3, -0.25) is 0 Å². The number of allylic oxidation sites excluding steroid dienone is 1. The summed E-state index contributed by atoms with van der Waals surface area (Å²) in [5, 5.41) is 9.95. The van der Waals surface area contributed by atoms with Crippen LogP contribution in [0.15, 0.2) is 24.8 Å². The summed E-state index contributed by atoms with van der Waals surface area (Å²) in [6.07, 6.45) is 0.356. The van der Waals surface area contributed by atoms with Gasteiger partial charge in [0.05, 0.1) is 6.10 Å². The summed E-state index contributed by atoms with van der Waals surface area (Å²) in [5.41, 5.74) is 4.41. The second kappa shape index (κ2) is 5.31. The average Bonchev–Trinajstić information content (AvgIpc) is 2.26. The van der Waals surface area contributed by atoms with Crippen molar-refractivity contribution in [2.75, 3.05) is 0 Å². The first-order valence-corrected chi connectivity index (χ1v) is 5.95. The first kappa shape index (κ1) is 13.0. The molecule has 0 heterocycles. The highest BCUT2D eigenvalue weighted by atomic mass is 16.3. The van der Waals surface area contributed by atoms with Crippen molar-refractivity contribution in [3.63, 3.8) is 0 Å². The van der Waals surface area contributed by atoms with Crippen LogP contribution in [0.5, 0.6) is 0 Å². The van der Waals surface area contributed by atoms with E-state index in [9.17, 15) is 5.11 Å². The van der Waals surface area contributed by atoms with E-state index in [-0.39, 0.29) is 6.10 Å². The minimum absolute atomic E-state index is 0.382. The molecule has 0 aliphatic heterocycles. The zero-order chi connectivity index (χ0) is 12.3. The average molecular weight is 218 g/mol. The molecule has 0 fully saturated rings. The lowest BCUT2D eigenvalue weighted by Crippen LogP contribution is -2.01. The Morgan fingerprint density at radius 3 is 2.44 bits per heavy atom. The van der Waals surface area contributed by atoms with Crippen molar-refractivity contribution in [1.29, 1.82) is 0 Å². The van der Waals surface area contributed by atoms with Gasteiger partial charge in [-0.25, -0.2) is 0 Å². The Morgan fingerprint density at radius 2 is 2.00 bits per heavy atom.